The molecule has 1 aliphatic heterocycles. The molecule has 1 aliphatic rings. The van der Waals surface area contributed by atoms with Crippen LogP contribution in [0.3, 0.4) is 0 Å². The molecule has 2 atom stereocenters. The van der Waals surface area contributed by atoms with Crippen molar-refractivity contribution in [1.29, 1.82) is 0 Å². The van der Waals surface area contributed by atoms with Crippen LogP contribution < -0.4 is 10.6 Å². The zero-order valence-corrected chi connectivity index (χ0v) is 12.1. The molecule has 0 spiro atoms. The summed E-state index contributed by atoms with van der Waals surface area (Å²) < 4.78 is 0. The number of aryl methyl sites for hydroxylation is 2. The second-order valence-corrected chi connectivity index (χ2v) is 5.71. The second kappa shape index (κ2) is 6.20. The van der Waals surface area contributed by atoms with Crippen molar-refractivity contribution in [3.63, 3.8) is 0 Å². The van der Waals surface area contributed by atoms with E-state index in [0.717, 1.165) is 25.8 Å². The summed E-state index contributed by atoms with van der Waals surface area (Å²) >= 11 is 0. The summed E-state index contributed by atoms with van der Waals surface area (Å²) in [6.07, 6.45) is 3.17. The Hall–Kier alpha value is -1.35. The lowest BCUT2D eigenvalue weighted by atomic mass is 9.86. The fraction of sp³-hybridized carbons (Fsp3) is 0.562. The van der Waals surface area contributed by atoms with Crippen molar-refractivity contribution in [2.45, 2.75) is 39.2 Å². The Morgan fingerprint density at radius 2 is 2.00 bits per heavy atom. The summed E-state index contributed by atoms with van der Waals surface area (Å²) in [6, 6.07) is 6.72. The van der Waals surface area contributed by atoms with Gasteiger partial charge >= 0.3 is 0 Å². The Morgan fingerprint density at radius 1 is 1.32 bits per heavy atom. The molecule has 1 saturated heterocycles. The van der Waals surface area contributed by atoms with Crippen molar-refractivity contribution >= 4 is 5.91 Å². The van der Waals surface area contributed by atoms with Gasteiger partial charge in [0.2, 0.25) is 5.91 Å². The predicted molar refractivity (Wildman–Crippen MR) is 78.2 cm³/mol. The topological polar surface area (TPSA) is 41.1 Å². The molecule has 2 unspecified atom stereocenters. The number of carbonyl (C=O) groups excluding carboxylic acids is 1. The van der Waals surface area contributed by atoms with Crippen molar-refractivity contribution < 1.29 is 4.79 Å². The van der Waals surface area contributed by atoms with Gasteiger partial charge in [0.15, 0.2) is 0 Å². The highest BCUT2D eigenvalue weighted by Gasteiger charge is 2.26. The van der Waals surface area contributed by atoms with Crippen LogP contribution in [0, 0.1) is 19.8 Å². The smallest absolute Gasteiger partial charge is 0.236 e. The van der Waals surface area contributed by atoms with Gasteiger partial charge in [0, 0.05) is 7.05 Å². The Labute approximate surface area is 115 Å². The molecule has 1 aromatic rings. The molecule has 0 aromatic heterocycles. The van der Waals surface area contributed by atoms with Gasteiger partial charge in [-0.3, -0.25) is 4.79 Å². The molecule has 0 radical (unpaired) electrons. The minimum absolute atomic E-state index is 0.0188. The standard InChI is InChI=1S/C16H24N2O/c1-11-6-12(2)8-14(7-11)9-13-4-5-18-15(10-13)16(19)17-3/h6-8,13,15,18H,4-5,9-10H2,1-3H3,(H,17,19). The first-order valence-electron chi connectivity index (χ1n) is 7.10. The SMILES string of the molecule is CNC(=O)C1CC(Cc2cc(C)cc(C)c2)CCN1. The normalized spacial score (nSPS) is 23.1. The monoisotopic (exact) mass is 260 g/mol. The van der Waals surface area contributed by atoms with E-state index >= 15 is 0 Å². The number of benzene rings is 1. The predicted octanol–water partition coefficient (Wildman–Crippen LogP) is 1.96. The molecule has 19 heavy (non-hydrogen) atoms. The van der Waals surface area contributed by atoms with E-state index in [9.17, 15) is 4.79 Å². The number of rotatable bonds is 3. The van der Waals surface area contributed by atoms with Crippen LogP contribution in [0.1, 0.15) is 29.5 Å². The molecule has 2 N–H and O–H groups in total. The van der Waals surface area contributed by atoms with Gasteiger partial charge in [0.1, 0.15) is 0 Å². The molecule has 3 heteroatoms. The fourth-order valence-electron chi connectivity index (χ4n) is 3.08. The van der Waals surface area contributed by atoms with Crippen LogP contribution in [-0.4, -0.2) is 25.5 Å². The van der Waals surface area contributed by atoms with Gasteiger partial charge in [-0.15, -0.1) is 0 Å². The van der Waals surface area contributed by atoms with Gasteiger partial charge in [-0.25, -0.2) is 0 Å². The first kappa shape index (κ1) is 14.1. The maximum absolute atomic E-state index is 11.7. The summed E-state index contributed by atoms with van der Waals surface area (Å²) in [5, 5.41) is 6.03. The van der Waals surface area contributed by atoms with Gasteiger partial charge in [-0.05, 0) is 51.1 Å². The molecule has 2 rings (SSSR count). The van der Waals surface area contributed by atoms with E-state index < -0.39 is 0 Å². The lowest BCUT2D eigenvalue weighted by molar-refractivity contribution is -0.123. The van der Waals surface area contributed by atoms with Crippen LogP contribution >= 0.6 is 0 Å². The highest BCUT2D eigenvalue weighted by Crippen LogP contribution is 2.22. The lowest BCUT2D eigenvalue weighted by Gasteiger charge is -2.29. The van der Waals surface area contributed by atoms with Crippen LogP contribution in [0.5, 0.6) is 0 Å². The Bertz CT molecular complexity index is 436. The number of carbonyl (C=O) groups is 1. The third kappa shape index (κ3) is 3.80. The first-order chi connectivity index (χ1) is 9.08. The molecule has 1 aromatic carbocycles. The van der Waals surface area contributed by atoms with Gasteiger partial charge in [0.25, 0.3) is 0 Å². The van der Waals surface area contributed by atoms with E-state index in [-0.39, 0.29) is 11.9 Å². The summed E-state index contributed by atoms with van der Waals surface area (Å²) in [7, 11) is 1.71. The Balaban J connectivity index is 2.00. The van der Waals surface area contributed by atoms with Gasteiger partial charge in [-0.2, -0.15) is 0 Å². The van der Waals surface area contributed by atoms with Gasteiger partial charge in [0.05, 0.1) is 6.04 Å². The first-order valence-corrected chi connectivity index (χ1v) is 7.10. The van der Waals surface area contributed by atoms with Crippen LogP contribution in [0.2, 0.25) is 0 Å². The second-order valence-electron chi connectivity index (χ2n) is 5.71. The molecular weight excluding hydrogens is 236 g/mol. The summed E-state index contributed by atoms with van der Waals surface area (Å²) in [4.78, 5) is 11.7. The maximum atomic E-state index is 11.7. The van der Waals surface area contributed by atoms with Crippen molar-refractivity contribution in [2.75, 3.05) is 13.6 Å². The molecule has 1 amide bonds. The highest BCUT2D eigenvalue weighted by atomic mass is 16.2. The molecule has 0 saturated carbocycles. The van der Waals surface area contributed by atoms with Crippen molar-refractivity contribution in [3.05, 3.63) is 34.9 Å². The quantitative estimate of drug-likeness (QED) is 0.872. The number of hydrogen-bond acceptors (Lipinski definition) is 2. The maximum Gasteiger partial charge on any atom is 0.236 e. The molecule has 104 valence electrons. The van der Waals surface area contributed by atoms with Crippen molar-refractivity contribution in [3.8, 4) is 0 Å². The van der Waals surface area contributed by atoms with Crippen LogP contribution in [-0.2, 0) is 11.2 Å². The lowest BCUT2D eigenvalue weighted by Crippen LogP contribution is -2.48. The number of amides is 1. The molecule has 0 aliphatic carbocycles. The van der Waals surface area contributed by atoms with E-state index in [2.05, 4.69) is 42.7 Å². The van der Waals surface area contributed by atoms with E-state index in [4.69, 9.17) is 0 Å². The van der Waals surface area contributed by atoms with Crippen LogP contribution in [0.25, 0.3) is 0 Å². The zero-order valence-electron chi connectivity index (χ0n) is 12.1. The highest BCUT2D eigenvalue weighted by molar-refractivity contribution is 5.81. The van der Waals surface area contributed by atoms with Crippen LogP contribution in [0.4, 0.5) is 0 Å². The largest absolute Gasteiger partial charge is 0.358 e. The van der Waals surface area contributed by atoms with Gasteiger partial charge in [-0.1, -0.05) is 29.3 Å². The minimum Gasteiger partial charge on any atom is -0.358 e. The van der Waals surface area contributed by atoms with Gasteiger partial charge < -0.3 is 10.6 Å². The number of hydrogen-bond donors (Lipinski definition) is 2. The number of likely N-dealkylation sites (N-methyl/N-ethyl adjacent to an activating group) is 1. The van der Waals surface area contributed by atoms with Crippen molar-refractivity contribution in [1.82, 2.24) is 10.6 Å². The Morgan fingerprint density at radius 3 is 2.63 bits per heavy atom. The van der Waals surface area contributed by atoms with E-state index in [1.807, 2.05) is 0 Å². The molecular formula is C16H24N2O. The molecule has 3 nitrogen and oxygen atoms in total. The van der Waals surface area contributed by atoms with Crippen LogP contribution in [0.15, 0.2) is 18.2 Å². The third-order valence-electron chi connectivity index (χ3n) is 3.88. The zero-order chi connectivity index (χ0) is 13.8. The summed E-state index contributed by atoms with van der Waals surface area (Å²) in [5.41, 5.74) is 4.05. The minimum atomic E-state index is -0.0188. The van der Waals surface area contributed by atoms with E-state index in [1.165, 1.54) is 16.7 Å². The summed E-state index contributed by atoms with van der Waals surface area (Å²) in [6.45, 7) is 5.23. The fourth-order valence-corrected chi connectivity index (χ4v) is 3.08. The molecule has 1 fully saturated rings. The average Bonchev–Trinajstić information content (AvgIpc) is 2.37. The summed E-state index contributed by atoms with van der Waals surface area (Å²) in [5.74, 6) is 0.717. The van der Waals surface area contributed by atoms with Crippen molar-refractivity contribution in [2.24, 2.45) is 5.92 Å². The number of piperidine rings is 1. The number of nitrogens with one attached hydrogen (secondary N) is 2. The molecule has 1 heterocycles. The van der Waals surface area contributed by atoms with E-state index in [1.54, 1.807) is 7.05 Å². The Kier molecular flexibility index (Phi) is 4.59. The average molecular weight is 260 g/mol. The van der Waals surface area contributed by atoms with E-state index in [0.29, 0.717) is 5.92 Å². The third-order valence-corrected chi connectivity index (χ3v) is 3.88. The molecule has 0 bridgehead atoms.